The molecule has 3 aromatic heterocycles. The number of carbonyl (C=O) groups is 2. The Kier molecular flexibility index (Phi) is 14.0. The number of aryl methyl sites for hydroxylation is 1. The van der Waals surface area contributed by atoms with E-state index in [1.807, 2.05) is 89.6 Å². The van der Waals surface area contributed by atoms with Gasteiger partial charge in [-0.05, 0) is 81.1 Å². The second-order valence-electron chi connectivity index (χ2n) is 18.2. The summed E-state index contributed by atoms with van der Waals surface area (Å²) in [4.78, 5) is 42.4. The summed E-state index contributed by atoms with van der Waals surface area (Å²) in [6.45, 7) is 17.3. The fourth-order valence-electron chi connectivity index (χ4n) is 9.75. The molecule has 0 aliphatic carbocycles. The van der Waals surface area contributed by atoms with Crippen molar-refractivity contribution in [2.45, 2.75) is 96.7 Å². The quantitative estimate of drug-likeness (QED) is 0.0968. The second-order valence-corrected chi connectivity index (χ2v) is 19.1. The van der Waals surface area contributed by atoms with E-state index in [4.69, 9.17) is 9.26 Å². The average Bonchev–Trinajstić information content (AvgIpc) is 4.12. The number of nitrogens with one attached hydrogen (secondary N) is 2. The van der Waals surface area contributed by atoms with Gasteiger partial charge in [0.1, 0.15) is 23.8 Å². The van der Waals surface area contributed by atoms with Crippen molar-refractivity contribution in [3.8, 4) is 33.3 Å². The molecule has 3 saturated heterocycles. The van der Waals surface area contributed by atoms with Gasteiger partial charge >= 0.3 is 0 Å². The molecule has 2 amide bonds. The number of anilines is 2. The molecule has 5 aromatic rings. The van der Waals surface area contributed by atoms with Gasteiger partial charge < -0.3 is 39.9 Å². The van der Waals surface area contributed by atoms with Crippen LogP contribution in [0.3, 0.4) is 0 Å². The number of phenols is 1. The molecule has 0 radical (unpaired) electrons. The number of benzene rings is 2. The zero-order valence-corrected chi connectivity index (χ0v) is 39.2. The van der Waals surface area contributed by atoms with Gasteiger partial charge in [0.05, 0.1) is 39.6 Å². The average molecular weight is 907 g/mol. The maximum absolute atomic E-state index is 14.3. The Balaban J connectivity index is 0.837. The molecular weight excluding hydrogens is 845 g/mol. The van der Waals surface area contributed by atoms with E-state index in [9.17, 15) is 19.8 Å². The smallest absolute Gasteiger partial charge is 0.254 e. The highest BCUT2D eigenvalue weighted by atomic mass is 32.1. The van der Waals surface area contributed by atoms with E-state index < -0.39 is 18.1 Å². The number of piperazine rings is 1. The number of para-hydroxylation sites is 1. The topological polar surface area (TPSA) is 186 Å². The van der Waals surface area contributed by atoms with Gasteiger partial charge in [-0.25, -0.2) is 4.98 Å². The largest absolute Gasteiger partial charge is 0.507 e. The number of aliphatic hydroxyl groups is 1. The lowest BCUT2D eigenvalue weighted by molar-refractivity contribution is -0.141. The summed E-state index contributed by atoms with van der Waals surface area (Å²) < 4.78 is 12.1. The Morgan fingerprint density at radius 3 is 2.49 bits per heavy atom. The highest BCUT2D eigenvalue weighted by Crippen LogP contribution is 2.36. The number of hydrogen-bond donors (Lipinski definition) is 4. The van der Waals surface area contributed by atoms with E-state index in [2.05, 4.69) is 52.6 Å². The minimum atomic E-state index is -0.829. The molecule has 7 atom stereocenters. The Morgan fingerprint density at radius 1 is 1.00 bits per heavy atom. The van der Waals surface area contributed by atoms with Crippen molar-refractivity contribution >= 4 is 34.7 Å². The molecular formula is C48H62N10O6S. The van der Waals surface area contributed by atoms with Crippen LogP contribution < -0.4 is 20.3 Å². The zero-order chi connectivity index (χ0) is 45.9. The molecule has 0 saturated carbocycles. The minimum Gasteiger partial charge on any atom is -0.507 e. The zero-order valence-electron chi connectivity index (χ0n) is 38.3. The number of rotatable bonds is 15. The van der Waals surface area contributed by atoms with Crippen LogP contribution in [-0.4, -0.2) is 140 Å². The predicted octanol–water partition coefficient (Wildman–Crippen LogP) is 5.94. The number of nitrogens with zero attached hydrogens (tertiary/aromatic N) is 8. The van der Waals surface area contributed by atoms with Crippen LogP contribution in [0.4, 0.5) is 11.5 Å². The third-order valence-electron chi connectivity index (χ3n) is 13.1. The van der Waals surface area contributed by atoms with Crippen LogP contribution in [0, 0.1) is 12.8 Å². The summed E-state index contributed by atoms with van der Waals surface area (Å²) in [5.41, 5.74) is 7.08. The van der Waals surface area contributed by atoms with E-state index in [1.54, 1.807) is 29.5 Å². The predicted molar refractivity (Wildman–Crippen MR) is 251 cm³/mol. The van der Waals surface area contributed by atoms with E-state index in [0.29, 0.717) is 41.3 Å². The van der Waals surface area contributed by atoms with Gasteiger partial charge in [0, 0.05) is 76.5 Å². The van der Waals surface area contributed by atoms with Crippen molar-refractivity contribution in [3.63, 3.8) is 0 Å². The number of aromatic nitrogens is 4. The molecule has 2 aromatic carbocycles. The summed E-state index contributed by atoms with van der Waals surface area (Å²) in [7, 11) is 1.85. The van der Waals surface area contributed by atoms with Gasteiger partial charge in [-0.15, -0.1) is 21.5 Å². The number of β-amino-alcohol motifs (C(OH)–C–C–N with tert-alkyl or cyclic N) is 1. The first-order chi connectivity index (χ1) is 31.3. The van der Waals surface area contributed by atoms with Gasteiger partial charge in [0.2, 0.25) is 11.8 Å². The number of phenolic OH excluding ortho intramolecular Hbond substituents is 1. The molecule has 3 fully saturated rings. The molecule has 8 rings (SSSR count). The Morgan fingerprint density at radius 2 is 1.78 bits per heavy atom. The van der Waals surface area contributed by atoms with E-state index >= 15 is 0 Å². The number of hydrogen-bond acceptors (Lipinski definition) is 15. The van der Waals surface area contributed by atoms with E-state index in [1.165, 1.54) is 4.90 Å². The Bertz CT molecular complexity index is 2430. The first kappa shape index (κ1) is 45.9. The van der Waals surface area contributed by atoms with Crippen molar-refractivity contribution < 1.29 is 29.1 Å². The molecule has 4 N–H and O–H groups in total. The molecule has 3 aliphatic rings. The monoisotopic (exact) mass is 906 g/mol. The van der Waals surface area contributed by atoms with Crippen LogP contribution >= 0.6 is 11.3 Å². The number of ether oxygens (including phenoxy) is 1. The number of thiazole rings is 1. The van der Waals surface area contributed by atoms with E-state index in [-0.39, 0.29) is 54.6 Å². The first-order valence-corrected chi connectivity index (χ1v) is 23.6. The summed E-state index contributed by atoms with van der Waals surface area (Å²) in [6, 6.07) is 18.5. The van der Waals surface area contributed by atoms with Gasteiger partial charge in [-0.2, -0.15) is 0 Å². The molecule has 0 bridgehead atoms. The lowest BCUT2D eigenvalue weighted by Gasteiger charge is -2.44. The van der Waals surface area contributed by atoms with Gasteiger partial charge in [-0.1, -0.05) is 50.2 Å². The van der Waals surface area contributed by atoms with Crippen LogP contribution in [0.15, 0.2) is 70.7 Å². The SMILES string of the molecule is CNc1nnc(-c2ccccc2O)cc1N1CCN(C2CCN(C[C@@H](C)Oc3cc([C@H](C(=O)N4C[C@H](O)C[C@H]4C(=O)N[C@@H](C)c4ccc(-c5scnc5C)cc4)C(C)C)on3)C2)C[C@@H]1C. The van der Waals surface area contributed by atoms with Crippen molar-refractivity contribution in [1.29, 1.82) is 0 Å². The first-order valence-electron chi connectivity index (χ1n) is 22.8. The standard InChI is InChI=1S/C48H62N10O6S/c1-28(2)44(48(62)58-26-36(59)20-40(58)47(61)51-31(5)33-12-14-34(15-13-33)45-32(6)50-27-65-45)42-22-43(54-64-42)63-30(4)24-55-17-16-35(25-55)56-18-19-57(29(3)23-56)39-21-38(52-53-46(39)49-7)37-10-8-9-11-41(37)60/h8-15,21-22,27-31,35-36,40,44,59-60H,16-20,23-26H2,1-7H3,(H,49,53)(H,51,61)/t29-,30+,31-,35?,36+,40-,44+/m0/s1. The highest BCUT2D eigenvalue weighted by molar-refractivity contribution is 7.13. The molecule has 65 heavy (non-hydrogen) atoms. The summed E-state index contributed by atoms with van der Waals surface area (Å²) in [6.07, 6.45) is 0.196. The van der Waals surface area contributed by atoms with Crippen LogP contribution in [-0.2, 0) is 9.59 Å². The lowest BCUT2D eigenvalue weighted by Crippen LogP contribution is -2.55. The van der Waals surface area contributed by atoms with Crippen molar-refractivity contribution in [2.75, 3.05) is 63.1 Å². The minimum absolute atomic E-state index is 0.0541. The van der Waals surface area contributed by atoms with Crippen LogP contribution in [0.1, 0.15) is 76.4 Å². The number of aliphatic hydroxyl groups excluding tert-OH is 1. The second kappa shape index (κ2) is 19.9. The number of likely N-dealkylation sites (tertiary alicyclic amines) is 2. The number of carbonyl (C=O) groups excluding carboxylic acids is 2. The van der Waals surface area contributed by atoms with E-state index in [0.717, 1.165) is 66.5 Å². The van der Waals surface area contributed by atoms with Crippen LogP contribution in [0.2, 0.25) is 0 Å². The number of aromatic hydroxyl groups is 1. The Hall–Kier alpha value is -5.62. The Labute approximate surface area is 385 Å². The lowest BCUT2D eigenvalue weighted by atomic mass is 9.91. The third kappa shape index (κ3) is 10.1. The molecule has 3 aliphatic heterocycles. The molecule has 0 spiro atoms. The molecule has 16 nitrogen and oxygen atoms in total. The molecule has 17 heteroatoms. The fraction of sp³-hybridized carbons (Fsp3) is 0.500. The molecule has 6 heterocycles. The maximum atomic E-state index is 14.3. The van der Waals surface area contributed by atoms with Crippen molar-refractivity contribution in [3.05, 3.63) is 83.2 Å². The molecule has 346 valence electrons. The number of amides is 2. The van der Waals surface area contributed by atoms with Gasteiger partial charge in [0.15, 0.2) is 11.6 Å². The van der Waals surface area contributed by atoms with Crippen molar-refractivity contribution in [2.24, 2.45) is 5.92 Å². The molecule has 1 unspecified atom stereocenters. The van der Waals surface area contributed by atoms with Crippen LogP contribution in [0.25, 0.3) is 21.7 Å². The maximum Gasteiger partial charge on any atom is 0.254 e. The highest BCUT2D eigenvalue weighted by Gasteiger charge is 2.44. The third-order valence-corrected chi connectivity index (χ3v) is 14.1. The van der Waals surface area contributed by atoms with Gasteiger partial charge in [0.25, 0.3) is 5.88 Å². The fourth-order valence-corrected chi connectivity index (χ4v) is 10.6. The summed E-state index contributed by atoms with van der Waals surface area (Å²) in [5.74, 6) is 0.0562. The van der Waals surface area contributed by atoms with Gasteiger partial charge in [-0.3, -0.25) is 19.4 Å². The normalized spacial score (nSPS) is 22.0. The van der Waals surface area contributed by atoms with Crippen molar-refractivity contribution in [1.82, 2.24) is 40.4 Å². The summed E-state index contributed by atoms with van der Waals surface area (Å²) >= 11 is 1.59. The summed E-state index contributed by atoms with van der Waals surface area (Å²) in [5, 5.41) is 40.6. The van der Waals surface area contributed by atoms with Crippen LogP contribution in [0.5, 0.6) is 11.6 Å².